The highest BCUT2D eigenvalue weighted by atomic mass is 79.9. The van der Waals surface area contributed by atoms with Gasteiger partial charge >= 0.3 is 0 Å². The molecule has 0 aliphatic rings. The SMILES string of the molecule is Nc1cccc2[nH]c(-c3cc(Br)cc(Br)c3)nc12. The standard InChI is InChI=1S/C13H9Br2N3/c14-8-4-7(5-9(15)6-8)13-17-11-3-1-2-10(16)12(11)18-13/h1-6H,16H2,(H,17,18). The first-order valence-electron chi connectivity index (χ1n) is 5.34. The number of aromatic nitrogens is 2. The number of anilines is 1. The first-order valence-corrected chi connectivity index (χ1v) is 6.93. The van der Waals surface area contributed by atoms with Gasteiger partial charge in [0.2, 0.25) is 0 Å². The Balaban J connectivity index is 2.22. The van der Waals surface area contributed by atoms with Crippen molar-refractivity contribution in [2.75, 3.05) is 5.73 Å². The fourth-order valence-corrected chi connectivity index (χ4v) is 3.18. The number of hydrogen-bond donors (Lipinski definition) is 2. The van der Waals surface area contributed by atoms with Gasteiger partial charge < -0.3 is 10.7 Å². The van der Waals surface area contributed by atoms with E-state index < -0.39 is 0 Å². The lowest BCUT2D eigenvalue weighted by molar-refractivity contribution is 1.33. The molecule has 3 nitrogen and oxygen atoms in total. The average molecular weight is 367 g/mol. The molecule has 1 aromatic heterocycles. The van der Waals surface area contributed by atoms with Crippen LogP contribution in [0, 0.1) is 0 Å². The van der Waals surface area contributed by atoms with Crippen LogP contribution in [0.15, 0.2) is 45.3 Å². The lowest BCUT2D eigenvalue weighted by Gasteiger charge is -1.99. The Morgan fingerprint density at radius 3 is 2.44 bits per heavy atom. The zero-order valence-corrected chi connectivity index (χ0v) is 12.4. The van der Waals surface area contributed by atoms with Crippen molar-refractivity contribution in [1.29, 1.82) is 0 Å². The molecule has 0 bridgehead atoms. The molecule has 3 rings (SSSR count). The van der Waals surface area contributed by atoms with Gasteiger partial charge in [-0.05, 0) is 30.3 Å². The fraction of sp³-hybridized carbons (Fsp3) is 0. The molecule has 5 heteroatoms. The van der Waals surface area contributed by atoms with Gasteiger partial charge in [0.05, 0.1) is 11.2 Å². The molecule has 3 aromatic rings. The van der Waals surface area contributed by atoms with Gasteiger partial charge in [0.15, 0.2) is 0 Å². The maximum Gasteiger partial charge on any atom is 0.138 e. The van der Waals surface area contributed by atoms with Crippen molar-refractivity contribution < 1.29 is 0 Å². The number of imidazole rings is 1. The molecule has 1 heterocycles. The first-order chi connectivity index (χ1) is 8.63. The topological polar surface area (TPSA) is 54.7 Å². The maximum atomic E-state index is 5.91. The van der Waals surface area contributed by atoms with Crippen LogP contribution in [0.1, 0.15) is 0 Å². The second-order valence-corrected chi connectivity index (χ2v) is 5.82. The number of nitrogen functional groups attached to an aromatic ring is 1. The summed E-state index contributed by atoms with van der Waals surface area (Å²) in [6.07, 6.45) is 0. The molecule has 0 amide bonds. The van der Waals surface area contributed by atoms with Crippen LogP contribution < -0.4 is 5.73 Å². The minimum Gasteiger partial charge on any atom is -0.397 e. The van der Waals surface area contributed by atoms with E-state index in [9.17, 15) is 0 Å². The quantitative estimate of drug-likeness (QED) is 0.629. The minimum absolute atomic E-state index is 0.684. The zero-order valence-electron chi connectivity index (χ0n) is 9.24. The molecule has 0 unspecified atom stereocenters. The number of H-pyrrole nitrogens is 1. The summed E-state index contributed by atoms with van der Waals surface area (Å²) in [5, 5.41) is 0. The van der Waals surface area contributed by atoms with E-state index in [-0.39, 0.29) is 0 Å². The van der Waals surface area contributed by atoms with Crippen LogP contribution in [0.3, 0.4) is 0 Å². The largest absolute Gasteiger partial charge is 0.397 e. The Morgan fingerprint density at radius 2 is 1.78 bits per heavy atom. The number of nitrogens with two attached hydrogens (primary N) is 1. The van der Waals surface area contributed by atoms with Crippen LogP contribution in [0.25, 0.3) is 22.4 Å². The highest BCUT2D eigenvalue weighted by Gasteiger charge is 2.08. The Labute approximate surface area is 121 Å². The molecule has 0 aliphatic carbocycles. The Kier molecular flexibility index (Phi) is 2.87. The van der Waals surface area contributed by atoms with E-state index in [0.717, 1.165) is 31.4 Å². The Morgan fingerprint density at radius 1 is 1.06 bits per heavy atom. The molecule has 0 spiro atoms. The van der Waals surface area contributed by atoms with E-state index in [1.165, 1.54) is 0 Å². The van der Waals surface area contributed by atoms with Gasteiger partial charge in [0, 0.05) is 14.5 Å². The summed E-state index contributed by atoms with van der Waals surface area (Å²) < 4.78 is 2.00. The Hall–Kier alpha value is -1.33. The number of halogens is 2. The Bertz CT molecular complexity index is 714. The number of nitrogens with one attached hydrogen (secondary N) is 1. The molecule has 0 aliphatic heterocycles. The van der Waals surface area contributed by atoms with Gasteiger partial charge in [0.1, 0.15) is 11.3 Å². The van der Waals surface area contributed by atoms with Gasteiger partial charge in [0.25, 0.3) is 0 Å². The third-order valence-corrected chi connectivity index (χ3v) is 3.60. The number of hydrogen-bond acceptors (Lipinski definition) is 2. The van der Waals surface area contributed by atoms with E-state index in [4.69, 9.17) is 5.73 Å². The van der Waals surface area contributed by atoms with Crippen LogP contribution >= 0.6 is 31.9 Å². The van der Waals surface area contributed by atoms with Crippen molar-refractivity contribution >= 4 is 48.6 Å². The van der Waals surface area contributed by atoms with Crippen LogP contribution in [-0.2, 0) is 0 Å². The number of para-hydroxylation sites is 1. The number of aromatic amines is 1. The van der Waals surface area contributed by atoms with Crippen molar-refractivity contribution in [3.05, 3.63) is 45.3 Å². The third kappa shape index (κ3) is 2.04. The van der Waals surface area contributed by atoms with Crippen molar-refractivity contribution in [3.63, 3.8) is 0 Å². The van der Waals surface area contributed by atoms with Crippen LogP contribution in [0.4, 0.5) is 5.69 Å². The zero-order chi connectivity index (χ0) is 12.7. The highest BCUT2D eigenvalue weighted by Crippen LogP contribution is 2.28. The molecular formula is C13H9Br2N3. The summed E-state index contributed by atoms with van der Waals surface area (Å²) in [4.78, 5) is 7.82. The smallest absolute Gasteiger partial charge is 0.138 e. The summed E-state index contributed by atoms with van der Waals surface area (Å²) in [5.74, 6) is 0.810. The van der Waals surface area contributed by atoms with Gasteiger partial charge in [-0.25, -0.2) is 4.98 Å². The molecule has 0 atom stereocenters. The van der Waals surface area contributed by atoms with Crippen molar-refractivity contribution in [2.45, 2.75) is 0 Å². The van der Waals surface area contributed by atoms with Gasteiger partial charge in [-0.2, -0.15) is 0 Å². The fourth-order valence-electron chi connectivity index (χ4n) is 1.88. The van der Waals surface area contributed by atoms with Gasteiger partial charge in [-0.1, -0.05) is 37.9 Å². The minimum atomic E-state index is 0.684. The van der Waals surface area contributed by atoms with E-state index in [1.807, 2.05) is 36.4 Å². The molecular weight excluding hydrogens is 358 g/mol. The maximum absolute atomic E-state index is 5.91. The van der Waals surface area contributed by atoms with E-state index in [0.29, 0.717) is 5.69 Å². The average Bonchev–Trinajstić information content (AvgIpc) is 2.73. The van der Waals surface area contributed by atoms with Crippen molar-refractivity contribution in [1.82, 2.24) is 9.97 Å². The number of fused-ring (bicyclic) bond motifs is 1. The number of benzene rings is 2. The first kappa shape index (κ1) is 11.7. The van der Waals surface area contributed by atoms with Crippen LogP contribution in [0.5, 0.6) is 0 Å². The van der Waals surface area contributed by atoms with Crippen molar-refractivity contribution in [3.8, 4) is 11.4 Å². The van der Waals surface area contributed by atoms with E-state index in [2.05, 4.69) is 41.8 Å². The van der Waals surface area contributed by atoms with Crippen molar-refractivity contribution in [2.24, 2.45) is 0 Å². The lowest BCUT2D eigenvalue weighted by Crippen LogP contribution is -1.85. The summed E-state index contributed by atoms with van der Waals surface area (Å²) >= 11 is 6.94. The van der Waals surface area contributed by atoms with E-state index in [1.54, 1.807) is 0 Å². The summed E-state index contributed by atoms with van der Waals surface area (Å²) in [6.45, 7) is 0. The molecule has 90 valence electrons. The molecule has 0 saturated carbocycles. The summed E-state index contributed by atoms with van der Waals surface area (Å²) in [5.41, 5.74) is 9.35. The third-order valence-electron chi connectivity index (χ3n) is 2.68. The highest BCUT2D eigenvalue weighted by molar-refractivity contribution is 9.11. The predicted octanol–water partition coefficient (Wildman–Crippen LogP) is 4.34. The monoisotopic (exact) mass is 365 g/mol. The lowest BCUT2D eigenvalue weighted by atomic mass is 10.2. The van der Waals surface area contributed by atoms with Gasteiger partial charge in [-0.3, -0.25) is 0 Å². The van der Waals surface area contributed by atoms with Crippen LogP contribution in [-0.4, -0.2) is 9.97 Å². The summed E-state index contributed by atoms with van der Waals surface area (Å²) in [7, 11) is 0. The molecule has 0 radical (unpaired) electrons. The molecule has 3 N–H and O–H groups in total. The number of nitrogens with zero attached hydrogens (tertiary/aromatic N) is 1. The molecule has 0 saturated heterocycles. The molecule has 0 fully saturated rings. The summed E-state index contributed by atoms with van der Waals surface area (Å²) in [6, 6.07) is 11.7. The second-order valence-electron chi connectivity index (χ2n) is 3.99. The predicted molar refractivity (Wildman–Crippen MR) is 81.3 cm³/mol. The number of rotatable bonds is 1. The van der Waals surface area contributed by atoms with E-state index >= 15 is 0 Å². The molecule has 2 aromatic carbocycles. The second kappa shape index (κ2) is 4.40. The normalized spacial score (nSPS) is 11.0. The molecule has 18 heavy (non-hydrogen) atoms. The van der Waals surface area contributed by atoms with Crippen LogP contribution in [0.2, 0.25) is 0 Å². The van der Waals surface area contributed by atoms with Gasteiger partial charge in [-0.15, -0.1) is 0 Å².